The molecule has 116 valence electrons. The van der Waals surface area contributed by atoms with E-state index in [0.29, 0.717) is 18.7 Å². The average Bonchev–Trinajstić information content (AvgIpc) is 2.46. The molecule has 0 saturated carbocycles. The molecule has 0 aliphatic rings. The Kier molecular flexibility index (Phi) is 7.15. The van der Waals surface area contributed by atoms with Crippen LogP contribution in [0.25, 0.3) is 0 Å². The van der Waals surface area contributed by atoms with Crippen LogP contribution in [0.5, 0.6) is 11.5 Å². The zero-order valence-corrected chi connectivity index (χ0v) is 12.8. The Balaban J connectivity index is 2.52. The highest BCUT2D eigenvalue weighted by atomic mass is 16.5. The molecule has 0 bridgehead atoms. The maximum atomic E-state index is 11.3. The molecule has 0 aromatic heterocycles. The molecule has 21 heavy (non-hydrogen) atoms. The molecular weight excluding hydrogens is 270 g/mol. The van der Waals surface area contributed by atoms with Crippen LogP contribution in [0.3, 0.4) is 0 Å². The fraction of sp³-hybridized carbons (Fsp3) is 0.438. The fourth-order valence-corrected chi connectivity index (χ4v) is 1.71. The van der Waals surface area contributed by atoms with Crippen LogP contribution in [0.2, 0.25) is 0 Å². The number of hydrogen-bond donors (Lipinski definition) is 1. The molecule has 0 unspecified atom stereocenters. The van der Waals surface area contributed by atoms with Gasteiger partial charge in [-0.05, 0) is 38.0 Å². The van der Waals surface area contributed by atoms with Crippen LogP contribution in [0, 0.1) is 0 Å². The third-order valence-corrected chi connectivity index (χ3v) is 2.61. The maximum Gasteiger partial charge on any atom is 0.407 e. The highest BCUT2D eigenvalue weighted by Crippen LogP contribution is 2.29. The van der Waals surface area contributed by atoms with Gasteiger partial charge in [-0.2, -0.15) is 0 Å². The first kappa shape index (κ1) is 16.9. The van der Waals surface area contributed by atoms with Gasteiger partial charge in [0.25, 0.3) is 0 Å². The lowest BCUT2D eigenvalue weighted by atomic mass is 10.1. The van der Waals surface area contributed by atoms with Gasteiger partial charge in [-0.15, -0.1) is 0 Å². The fourth-order valence-electron chi connectivity index (χ4n) is 1.71. The molecule has 1 N–H and O–H groups in total. The van der Waals surface area contributed by atoms with Crippen LogP contribution in [-0.4, -0.2) is 32.5 Å². The molecule has 1 aromatic rings. The van der Waals surface area contributed by atoms with Gasteiger partial charge in [0.2, 0.25) is 0 Å². The largest absolute Gasteiger partial charge is 0.493 e. The third kappa shape index (κ3) is 6.21. The standard InChI is InChI=1S/C16H23NO4/c1-5-10-20-16(18)17-9-8-13-6-7-14(21-12(2)3)15(11-13)19-4/h5-7,11-12H,1,8-10H2,2-4H3,(H,17,18). The zero-order valence-electron chi connectivity index (χ0n) is 12.8. The van der Waals surface area contributed by atoms with E-state index in [0.717, 1.165) is 11.3 Å². The van der Waals surface area contributed by atoms with Crippen molar-refractivity contribution in [1.82, 2.24) is 5.32 Å². The van der Waals surface area contributed by atoms with Crippen LogP contribution in [0.15, 0.2) is 30.9 Å². The van der Waals surface area contributed by atoms with Crippen LogP contribution in [0.4, 0.5) is 4.79 Å². The van der Waals surface area contributed by atoms with Crippen LogP contribution in [0.1, 0.15) is 19.4 Å². The van der Waals surface area contributed by atoms with Gasteiger partial charge in [0.05, 0.1) is 13.2 Å². The summed E-state index contributed by atoms with van der Waals surface area (Å²) in [6.07, 6.45) is 1.85. The minimum absolute atomic E-state index is 0.0889. The number of rotatable bonds is 8. The lowest BCUT2D eigenvalue weighted by Gasteiger charge is -2.14. The topological polar surface area (TPSA) is 56.8 Å². The van der Waals surface area contributed by atoms with Gasteiger partial charge < -0.3 is 19.5 Å². The summed E-state index contributed by atoms with van der Waals surface area (Å²) in [5.74, 6) is 1.41. The van der Waals surface area contributed by atoms with Crippen LogP contribution in [-0.2, 0) is 11.2 Å². The molecule has 1 aromatic carbocycles. The SMILES string of the molecule is C=CCOC(=O)NCCc1ccc(OC(C)C)c(OC)c1. The predicted molar refractivity (Wildman–Crippen MR) is 82.0 cm³/mol. The van der Waals surface area contributed by atoms with Gasteiger partial charge in [0.1, 0.15) is 6.61 Å². The van der Waals surface area contributed by atoms with Crippen LogP contribution < -0.4 is 14.8 Å². The lowest BCUT2D eigenvalue weighted by Crippen LogP contribution is -2.26. The number of methoxy groups -OCH3 is 1. The van der Waals surface area contributed by atoms with Crippen molar-refractivity contribution in [3.63, 3.8) is 0 Å². The molecule has 0 fully saturated rings. The van der Waals surface area contributed by atoms with Gasteiger partial charge in [-0.1, -0.05) is 18.7 Å². The van der Waals surface area contributed by atoms with Crippen molar-refractivity contribution in [2.24, 2.45) is 0 Å². The monoisotopic (exact) mass is 293 g/mol. The summed E-state index contributed by atoms with van der Waals surface area (Å²) in [4.78, 5) is 11.3. The molecule has 0 radical (unpaired) electrons. The van der Waals surface area contributed by atoms with Gasteiger partial charge in [0.15, 0.2) is 11.5 Å². The summed E-state index contributed by atoms with van der Waals surface area (Å²) in [6.45, 7) is 8.11. The Hall–Kier alpha value is -2.17. The van der Waals surface area contributed by atoms with E-state index in [1.807, 2.05) is 32.0 Å². The quantitative estimate of drug-likeness (QED) is 0.749. The highest BCUT2D eigenvalue weighted by molar-refractivity contribution is 5.67. The van der Waals surface area contributed by atoms with E-state index in [-0.39, 0.29) is 12.7 Å². The molecule has 1 rings (SSSR count). The van der Waals surface area contributed by atoms with Crippen molar-refractivity contribution in [1.29, 1.82) is 0 Å². The first-order valence-corrected chi connectivity index (χ1v) is 6.92. The van der Waals surface area contributed by atoms with E-state index in [1.165, 1.54) is 6.08 Å². The van der Waals surface area contributed by atoms with Gasteiger partial charge in [-0.3, -0.25) is 0 Å². The van der Waals surface area contributed by atoms with Gasteiger partial charge in [-0.25, -0.2) is 4.79 Å². The first-order chi connectivity index (χ1) is 10.1. The highest BCUT2D eigenvalue weighted by Gasteiger charge is 2.08. The van der Waals surface area contributed by atoms with Crippen LogP contribution >= 0.6 is 0 Å². The van der Waals surface area contributed by atoms with E-state index >= 15 is 0 Å². The zero-order chi connectivity index (χ0) is 15.7. The molecule has 0 saturated heterocycles. The molecule has 0 aliphatic carbocycles. The normalized spacial score (nSPS) is 10.1. The van der Waals surface area contributed by atoms with Crippen molar-refractivity contribution in [3.8, 4) is 11.5 Å². The molecule has 1 amide bonds. The second kappa shape index (κ2) is 8.89. The summed E-state index contributed by atoms with van der Waals surface area (Å²) >= 11 is 0. The third-order valence-electron chi connectivity index (χ3n) is 2.61. The van der Waals surface area contributed by atoms with E-state index in [2.05, 4.69) is 11.9 Å². The molecule has 0 heterocycles. The van der Waals surface area contributed by atoms with Gasteiger partial charge in [0, 0.05) is 6.54 Å². The molecule has 0 aliphatic heterocycles. The van der Waals surface area contributed by atoms with Crippen molar-refractivity contribution in [2.45, 2.75) is 26.4 Å². The number of nitrogens with one attached hydrogen (secondary N) is 1. The summed E-state index contributed by atoms with van der Waals surface area (Å²) in [5.41, 5.74) is 1.05. The number of benzene rings is 1. The summed E-state index contributed by atoms with van der Waals surface area (Å²) in [7, 11) is 1.61. The predicted octanol–water partition coefficient (Wildman–Crippen LogP) is 2.94. The number of alkyl carbamates (subject to hydrolysis) is 1. The van der Waals surface area contributed by atoms with E-state index in [9.17, 15) is 4.79 Å². The average molecular weight is 293 g/mol. The summed E-state index contributed by atoms with van der Waals surface area (Å²) in [6, 6.07) is 5.75. The number of hydrogen-bond acceptors (Lipinski definition) is 4. The summed E-state index contributed by atoms with van der Waals surface area (Å²) in [5, 5.41) is 2.67. The second-order valence-corrected chi connectivity index (χ2v) is 4.72. The lowest BCUT2D eigenvalue weighted by molar-refractivity contribution is 0.158. The number of ether oxygens (including phenoxy) is 3. The Morgan fingerprint density at radius 3 is 2.76 bits per heavy atom. The van der Waals surface area contributed by atoms with Crippen molar-refractivity contribution in [2.75, 3.05) is 20.3 Å². The van der Waals surface area contributed by atoms with E-state index in [1.54, 1.807) is 7.11 Å². The number of carbonyl (C=O) groups excluding carboxylic acids is 1. The number of carbonyl (C=O) groups is 1. The Morgan fingerprint density at radius 2 is 2.14 bits per heavy atom. The van der Waals surface area contributed by atoms with E-state index in [4.69, 9.17) is 14.2 Å². The molecule has 0 atom stereocenters. The Labute approximate surface area is 125 Å². The Morgan fingerprint density at radius 1 is 1.38 bits per heavy atom. The minimum atomic E-state index is -0.443. The second-order valence-electron chi connectivity index (χ2n) is 4.72. The molecule has 0 spiro atoms. The summed E-state index contributed by atoms with van der Waals surface area (Å²) < 4.78 is 15.8. The van der Waals surface area contributed by atoms with Crippen molar-refractivity contribution < 1.29 is 19.0 Å². The van der Waals surface area contributed by atoms with Crippen molar-refractivity contribution in [3.05, 3.63) is 36.4 Å². The molecule has 5 nitrogen and oxygen atoms in total. The maximum absolute atomic E-state index is 11.3. The van der Waals surface area contributed by atoms with Crippen molar-refractivity contribution >= 4 is 6.09 Å². The smallest absolute Gasteiger partial charge is 0.407 e. The Bertz CT molecular complexity index is 471. The molecule has 5 heteroatoms. The minimum Gasteiger partial charge on any atom is -0.493 e. The van der Waals surface area contributed by atoms with E-state index < -0.39 is 6.09 Å². The molecular formula is C16H23NO4. The first-order valence-electron chi connectivity index (χ1n) is 6.92. The van der Waals surface area contributed by atoms with Gasteiger partial charge >= 0.3 is 6.09 Å². The number of amides is 1.